The summed E-state index contributed by atoms with van der Waals surface area (Å²) in [5, 5.41) is 5.92. The van der Waals surface area contributed by atoms with Crippen molar-refractivity contribution in [2.24, 2.45) is 0 Å². The number of rotatable bonds is 3. The van der Waals surface area contributed by atoms with E-state index in [2.05, 4.69) is 10.6 Å². The maximum Gasteiger partial charge on any atom is 0.265 e. The van der Waals surface area contributed by atoms with E-state index in [-0.39, 0.29) is 11.8 Å². The van der Waals surface area contributed by atoms with Crippen molar-refractivity contribution in [3.8, 4) is 5.75 Å². The minimum Gasteiger partial charge on any atom is -0.479 e. The molecule has 124 valence electrons. The maximum atomic E-state index is 12.5. The van der Waals surface area contributed by atoms with Gasteiger partial charge < -0.3 is 15.4 Å². The zero-order valence-electron chi connectivity index (χ0n) is 13.1. The quantitative estimate of drug-likeness (QED) is 0.809. The number of ether oxygens (including phenoxy) is 1. The summed E-state index contributed by atoms with van der Waals surface area (Å²) in [6, 6.07) is 10.4. The lowest BCUT2D eigenvalue weighted by Crippen LogP contribution is -2.34. The van der Waals surface area contributed by atoms with Crippen LogP contribution in [0.15, 0.2) is 41.3 Å². The second-order valence-electron chi connectivity index (χ2n) is 5.26. The molecule has 1 unspecified atom stereocenters. The minimum atomic E-state index is -0.536. The van der Waals surface area contributed by atoms with E-state index < -0.39 is 6.10 Å². The van der Waals surface area contributed by atoms with Crippen molar-refractivity contribution in [1.29, 1.82) is 0 Å². The minimum absolute atomic E-state index is 0.221. The van der Waals surface area contributed by atoms with Crippen molar-refractivity contribution in [3.05, 3.63) is 47.0 Å². The number of benzene rings is 2. The van der Waals surface area contributed by atoms with Gasteiger partial charge in [0.25, 0.3) is 11.8 Å². The Morgan fingerprint density at radius 3 is 2.83 bits per heavy atom. The van der Waals surface area contributed by atoms with Gasteiger partial charge >= 0.3 is 0 Å². The highest BCUT2D eigenvalue weighted by molar-refractivity contribution is 7.98. The average Bonchev–Trinajstić information content (AvgIpc) is 2.56. The summed E-state index contributed by atoms with van der Waals surface area (Å²) in [6.07, 6.45) is 1.39. The zero-order chi connectivity index (χ0) is 17.3. The Morgan fingerprint density at radius 1 is 1.29 bits per heavy atom. The maximum absolute atomic E-state index is 12.5. The molecule has 1 atom stereocenters. The van der Waals surface area contributed by atoms with Gasteiger partial charge in [-0.1, -0.05) is 11.6 Å². The number of hydrogen-bond acceptors (Lipinski definition) is 4. The summed E-state index contributed by atoms with van der Waals surface area (Å²) >= 11 is 7.65. The average molecular weight is 363 g/mol. The fourth-order valence-electron chi connectivity index (χ4n) is 2.29. The summed E-state index contributed by atoms with van der Waals surface area (Å²) in [6.45, 7) is 1.68. The molecule has 2 aromatic carbocycles. The first-order valence-electron chi connectivity index (χ1n) is 7.24. The van der Waals surface area contributed by atoms with E-state index >= 15 is 0 Å². The molecule has 0 aliphatic carbocycles. The van der Waals surface area contributed by atoms with Crippen LogP contribution in [0.3, 0.4) is 0 Å². The predicted octanol–water partition coefficient (Wildman–Crippen LogP) is 4.03. The molecule has 2 amide bonds. The molecule has 24 heavy (non-hydrogen) atoms. The molecule has 2 N–H and O–H groups in total. The van der Waals surface area contributed by atoms with Gasteiger partial charge in [-0.05, 0) is 49.6 Å². The van der Waals surface area contributed by atoms with Gasteiger partial charge in [-0.2, -0.15) is 0 Å². The van der Waals surface area contributed by atoms with Crippen molar-refractivity contribution >= 4 is 46.6 Å². The molecule has 3 rings (SSSR count). The Balaban J connectivity index is 1.83. The van der Waals surface area contributed by atoms with Crippen molar-refractivity contribution in [1.82, 2.24) is 0 Å². The number of hydrogen-bond donors (Lipinski definition) is 2. The molecule has 0 aromatic heterocycles. The van der Waals surface area contributed by atoms with Gasteiger partial charge in [-0.25, -0.2) is 0 Å². The Labute approximate surface area is 148 Å². The van der Waals surface area contributed by atoms with Crippen LogP contribution >= 0.6 is 23.4 Å². The third kappa shape index (κ3) is 3.34. The second-order valence-corrected chi connectivity index (χ2v) is 6.55. The molecule has 7 heteroatoms. The molecule has 0 saturated carbocycles. The first-order chi connectivity index (χ1) is 11.5. The van der Waals surface area contributed by atoms with Crippen LogP contribution in [0.5, 0.6) is 5.75 Å². The van der Waals surface area contributed by atoms with Crippen LogP contribution in [0.2, 0.25) is 5.02 Å². The third-order valence-corrected chi connectivity index (χ3v) is 4.64. The fraction of sp³-hybridized carbons (Fsp3) is 0.176. The lowest BCUT2D eigenvalue weighted by molar-refractivity contribution is -0.122. The van der Waals surface area contributed by atoms with Gasteiger partial charge in [-0.3, -0.25) is 9.59 Å². The van der Waals surface area contributed by atoms with Gasteiger partial charge in [0.2, 0.25) is 0 Å². The van der Waals surface area contributed by atoms with E-state index in [1.165, 1.54) is 11.8 Å². The molecule has 1 aliphatic rings. The zero-order valence-corrected chi connectivity index (χ0v) is 14.6. The predicted molar refractivity (Wildman–Crippen MR) is 96.3 cm³/mol. The summed E-state index contributed by atoms with van der Waals surface area (Å²) < 4.78 is 5.49. The highest BCUT2D eigenvalue weighted by Gasteiger charge is 2.23. The molecular weight excluding hydrogens is 348 g/mol. The highest BCUT2D eigenvalue weighted by Crippen LogP contribution is 2.32. The van der Waals surface area contributed by atoms with Gasteiger partial charge in [-0.15, -0.1) is 11.8 Å². The summed E-state index contributed by atoms with van der Waals surface area (Å²) in [4.78, 5) is 25.1. The smallest absolute Gasteiger partial charge is 0.265 e. The molecule has 2 aromatic rings. The highest BCUT2D eigenvalue weighted by atomic mass is 35.5. The van der Waals surface area contributed by atoms with E-state index in [1.807, 2.05) is 12.3 Å². The molecule has 0 radical (unpaired) electrons. The Hall–Kier alpha value is -2.18. The topological polar surface area (TPSA) is 67.4 Å². The van der Waals surface area contributed by atoms with Crippen LogP contribution in [0.25, 0.3) is 0 Å². The normalized spacial score (nSPS) is 16.0. The lowest BCUT2D eigenvalue weighted by Gasteiger charge is -2.23. The van der Waals surface area contributed by atoms with E-state index in [0.29, 0.717) is 27.7 Å². The van der Waals surface area contributed by atoms with Crippen LogP contribution in [0.4, 0.5) is 11.4 Å². The van der Waals surface area contributed by atoms with E-state index in [4.69, 9.17) is 16.3 Å². The SMILES string of the molecule is CSc1ccc(Cl)c(C(=O)Nc2ccc3c(c2)NC(=O)C(C)O3)c1. The van der Waals surface area contributed by atoms with E-state index in [0.717, 1.165) is 4.90 Å². The van der Waals surface area contributed by atoms with Gasteiger partial charge in [0.1, 0.15) is 5.75 Å². The molecule has 0 bridgehead atoms. The first-order valence-corrected chi connectivity index (χ1v) is 8.84. The number of halogens is 1. The van der Waals surface area contributed by atoms with Crippen molar-refractivity contribution in [2.45, 2.75) is 17.9 Å². The Kier molecular flexibility index (Phi) is 4.69. The van der Waals surface area contributed by atoms with Crippen LogP contribution in [0.1, 0.15) is 17.3 Å². The second kappa shape index (κ2) is 6.75. The fourth-order valence-corrected chi connectivity index (χ4v) is 2.93. The van der Waals surface area contributed by atoms with Crippen LogP contribution in [-0.4, -0.2) is 24.2 Å². The number of carbonyl (C=O) groups is 2. The number of nitrogens with one attached hydrogen (secondary N) is 2. The molecule has 1 heterocycles. The van der Waals surface area contributed by atoms with E-state index in [1.54, 1.807) is 37.3 Å². The molecule has 0 fully saturated rings. The number of carbonyl (C=O) groups excluding carboxylic acids is 2. The number of fused-ring (bicyclic) bond motifs is 1. The number of amides is 2. The Bertz CT molecular complexity index is 825. The molecule has 0 spiro atoms. The summed E-state index contributed by atoms with van der Waals surface area (Å²) in [5.41, 5.74) is 1.47. The van der Waals surface area contributed by atoms with Crippen molar-refractivity contribution < 1.29 is 14.3 Å². The number of thioether (sulfide) groups is 1. The van der Waals surface area contributed by atoms with Gasteiger partial charge in [0, 0.05) is 10.6 Å². The Morgan fingerprint density at radius 2 is 2.08 bits per heavy atom. The number of anilines is 2. The van der Waals surface area contributed by atoms with Gasteiger partial charge in [0.15, 0.2) is 6.10 Å². The standard InChI is InChI=1S/C17H15ClN2O3S/c1-9-16(21)20-14-7-10(3-6-15(14)23-9)19-17(22)12-8-11(24-2)4-5-13(12)18/h3-9H,1-2H3,(H,19,22)(H,20,21). The third-order valence-electron chi connectivity index (χ3n) is 3.59. The molecule has 0 saturated heterocycles. The van der Waals surface area contributed by atoms with Crippen LogP contribution in [0, 0.1) is 0 Å². The van der Waals surface area contributed by atoms with Gasteiger partial charge in [0.05, 0.1) is 16.3 Å². The molecule has 1 aliphatic heterocycles. The van der Waals surface area contributed by atoms with Crippen LogP contribution < -0.4 is 15.4 Å². The largest absolute Gasteiger partial charge is 0.479 e. The van der Waals surface area contributed by atoms with Crippen molar-refractivity contribution in [2.75, 3.05) is 16.9 Å². The molecule has 5 nitrogen and oxygen atoms in total. The van der Waals surface area contributed by atoms with Crippen LogP contribution in [-0.2, 0) is 4.79 Å². The first kappa shape index (κ1) is 16.7. The van der Waals surface area contributed by atoms with E-state index in [9.17, 15) is 9.59 Å². The summed E-state index contributed by atoms with van der Waals surface area (Å²) in [5.74, 6) is 0.0384. The lowest BCUT2D eigenvalue weighted by atomic mass is 10.2. The summed E-state index contributed by atoms with van der Waals surface area (Å²) in [7, 11) is 0. The molecular formula is C17H15ClN2O3S. The monoisotopic (exact) mass is 362 g/mol. The van der Waals surface area contributed by atoms with Crippen molar-refractivity contribution in [3.63, 3.8) is 0 Å².